The summed E-state index contributed by atoms with van der Waals surface area (Å²) in [6, 6.07) is 1.67. The smallest absolute Gasteiger partial charge is 0.255 e. The molecular weight excluding hydrogens is 250 g/mol. The lowest BCUT2D eigenvalue weighted by atomic mass is 10.2. The molecule has 1 rings (SSSR count). The number of pyridine rings is 1. The van der Waals surface area contributed by atoms with E-state index in [-0.39, 0.29) is 5.91 Å². The Bertz CT molecular complexity index is 409. The molecule has 18 heavy (non-hydrogen) atoms. The average molecular weight is 270 g/mol. The summed E-state index contributed by atoms with van der Waals surface area (Å²) in [6.45, 7) is 5.65. The van der Waals surface area contributed by atoms with Crippen molar-refractivity contribution in [2.45, 2.75) is 26.7 Å². The van der Waals surface area contributed by atoms with E-state index in [9.17, 15) is 4.79 Å². The summed E-state index contributed by atoms with van der Waals surface area (Å²) < 4.78 is 0. The number of rotatable bonds is 6. The van der Waals surface area contributed by atoms with Gasteiger partial charge in [0.2, 0.25) is 0 Å². The molecule has 1 amide bonds. The molecule has 0 bridgehead atoms. The maximum Gasteiger partial charge on any atom is 0.255 e. The Morgan fingerprint density at radius 1 is 1.44 bits per heavy atom. The SMILES string of the molecule is CCCNc1ncc(C(=O)N(C)CCC)cc1Cl. The van der Waals surface area contributed by atoms with E-state index in [2.05, 4.69) is 17.2 Å². The predicted molar refractivity (Wildman–Crippen MR) is 75.3 cm³/mol. The predicted octanol–water partition coefficient (Wildman–Crippen LogP) is 3.04. The summed E-state index contributed by atoms with van der Waals surface area (Å²) in [4.78, 5) is 17.9. The highest BCUT2D eigenvalue weighted by Crippen LogP contribution is 2.20. The zero-order valence-electron chi connectivity index (χ0n) is 11.2. The number of nitrogens with zero attached hydrogens (tertiary/aromatic N) is 2. The second-order valence-electron chi connectivity index (χ2n) is 4.21. The van der Waals surface area contributed by atoms with Gasteiger partial charge in [0.1, 0.15) is 5.82 Å². The minimum Gasteiger partial charge on any atom is -0.369 e. The lowest BCUT2D eigenvalue weighted by Gasteiger charge is -2.16. The van der Waals surface area contributed by atoms with Gasteiger partial charge in [0.25, 0.3) is 5.91 Å². The molecule has 1 N–H and O–H groups in total. The summed E-state index contributed by atoms with van der Waals surface area (Å²) in [5.41, 5.74) is 0.526. The van der Waals surface area contributed by atoms with Crippen LogP contribution in [0.25, 0.3) is 0 Å². The Hall–Kier alpha value is -1.29. The second kappa shape index (κ2) is 7.21. The van der Waals surface area contributed by atoms with Crippen LogP contribution >= 0.6 is 11.6 Å². The quantitative estimate of drug-likeness (QED) is 0.863. The number of anilines is 1. The van der Waals surface area contributed by atoms with Gasteiger partial charge in [-0.05, 0) is 18.9 Å². The topological polar surface area (TPSA) is 45.2 Å². The van der Waals surface area contributed by atoms with Crippen LogP contribution < -0.4 is 5.32 Å². The van der Waals surface area contributed by atoms with Crippen molar-refractivity contribution >= 4 is 23.3 Å². The number of hydrogen-bond donors (Lipinski definition) is 1. The highest BCUT2D eigenvalue weighted by atomic mass is 35.5. The zero-order chi connectivity index (χ0) is 13.5. The molecule has 0 saturated heterocycles. The van der Waals surface area contributed by atoms with Crippen molar-refractivity contribution in [1.82, 2.24) is 9.88 Å². The molecule has 1 aromatic heterocycles. The second-order valence-corrected chi connectivity index (χ2v) is 4.62. The Labute approximate surface area is 113 Å². The number of nitrogens with one attached hydrogen (secondary N) is 1. The molecule has 0 fully saturated rings. The van der Waals surface area contributed by atoms with Crippen LogP contribution in [0.2, 0.25) is 5.02 Å². The van der Waals surface area contributed by atoms with Crippen LogP contribution in [0, 0.1) is 0 Å². The van der Waals surface area contributed by atoms with Gasteiger partial charge < -0.3 is 10.2 Å². The van der Waals surface area contributed by atoms with Gasteiger partial charge in [-0.25, -0.2) is 4.98 Å². The van der Waals surface area contributed by atoms with Gasteiger partial charge in [0.15, 0.2) is 0 Å². The Morgan fingerprint density at radius 3 is 2.72 bits per heavy atom. The molecule has 1 heterocycles. The van der Waals surface area contributed by atoms with E-state index >= 15 is 0 Å². The number of halogens is 1. The molecule has 1 aromatic rings. The molecule has 4 nitrogen and oxygen atoms in total. The number of aromatic nitrogens is 1. The van der Waals surface area contributed by atoms with Gasteiger partial charge in [-0.1, -0.05) is 25.4 Å². The summed E-state index contributed by atoms with van der Waals surface area (Å²) in [7, 11) is 1.78. The van der Waals surface area contributed by atoms with Gasteiger partial charge in [0.05, 0.1) is 10.6 Å². The summed E-state index contributed by atoms with van der Waals surface area (Å²) >= 11 is 6.10. The van der Waals surface area contributed by atoms with Gasteiger partial charge in [-0.2, -0.15) is 0 Å². The van der Waals surface area contributed by atoms with Crippen LogP contribution in [0.5, 0.6) is 0 Å². The first-order valence-electron chi connectivity index (χ1n) is 6.25. The summed E-state index contributed by atoms with van der Waals surface area (Å²) in [6.07, 6.45) is 3.50. The van der Waals surface area contributed by atoms with Crippen LogP contribution in [0.4, 0.5) is 5.82 Å². The third kappa shape index (κ3) is 3.88. The van der Waals surface area contributed by atoms with Crippen molar-refractivity contribution in [3.8, 4) is 0 Å². The van der Waals surface area contributed by atoms with Crippen LogP contribution in [0.1, 0.15) is 37.0 Å². The first-order chi connectivity index (χ1) is 8.60. The molecule has 0 aliphatic rings. The normalized spacial score (nSPS) is 10.2. The van der Waals surface area contributed by atoms with E-state index in [0.717, 1.165) is 25.9 Å². The third-order valence-corrected chi connectivity index (χ3v) is 2.82. The minimum absolute atomic E-state index is 0.0479. The van der Waals surface area contributed by atoms with E-state index in [4.69, 9.17) is 11.6 Å². The van der Waals surface area contributed by atoms with Crippen LogP contribution in [0.3, 0.4) is 0 Å². The molecular formula is C13H20ClN3O. The lowest BCUT2D eigenvalue weighted by molar-refractivity contribution is 0.0795. The molecule has 0 atom stereocenters. The molecule has 0 aromatic carbocycles. The van der Waals surface area contributed by atoms with Crippen LogP contribution in [-0.2, 0) is 0 Å². The van der Waals surface area contributed by atoms with E-state index in [1.807, 2.05) is 6.92 Å². The highest BCUT2D eigenvalue weighted by molar-refractivity contribution is 6.33. The first kappa shape index (κ1) is 14.8. The molecule has 0 radical (unpaired) electrons. The highest BCUT2D eigenvalue weighted by Gasteiger charge is 2.13. The summed E-state index contributed by atoms with van der Waals surface area (Å²) in [5, 5.41) is 3.60. The Kier molecular flexibility index (Phi) is 5.92. The minimum atomic E-state index is -0.0479. The molecule has 0 aliphatic heterocycles. The number of carbonyl (C=O) groups excluding carboxylic acids is 1. The summed E-state index contributed by atoms with van der Waals surface area (Å²) in [5.74, 6) is 0.585. The fourth-order valence-electron chi connectivity index (χ4n) is 1.59. The van der Waals surface area contributed by atoms with Crippen molar-refractivity contribution in [3.05, 3.63) is 22.8 Å². The molecule has 100 valence electrons. The van der Waals surface area contributed by atoms with E-state index < -0.39 is 0 Å². The van der Waals surface area contributed by atoms with Crippen LogP contribution in [-0.4, -0.2) is 35.9 Å². The molecule has 5 heteroatoms. The van der Waals surface area contributed by atoms with Crippen molar-refractivity contribution in [2.24, 2.45) is 0 Å². The van der Waals surface area contributed by atoms with Gasteiger partial charge in [0, 0.05) is 26.3 Å². The maximum absolute atomic E-state index is 12.0. The van der Waals surface area contributed by atoms with Crippen LogP contribution in [0.15, 0.2) is 12.3 Å². The molecule has 0 aliphatic carbocycles. The van der Waals surface area contributed by atoms with E-state index in [1.54, 1.807) is 24.2 Å². The molecule has 0 saturated carbocycles. The number of carbonyl (C=O) groups is 1. The van der Waals surface area contributed by atoms with Gasteiger partial charge in [-0.3, -0.25) is 4.79 Å². The fraction of sp³-hybridized carbons (Fsp3) is 0.538. The fourth-order valence-corrected chi connectivity index (χ4v) is 1.82. The van der Waals surface area contributed by atoms with Gasteiger partial charge in [-0.15, -0.1) is 0 Å². The number of hydrogen-bond acceptors (Lipinski definition) is 3. The van der Waals surface area contributed by atoms with E-state index in [0.29, 0.717) is 16.4 Å². The van der Waals surface area contributed by atoms with Gasteiger partial charge >= 0.3 is 0 Å². The maximum atomic E-state index is 12.0. The first-order valence-corrected chi connectivity index (χ1v) is 6.62. The largest absolute Gasteiger partial charge is 0.369 e. The van der Waals surface area contributed by atoms with Crippen molar-refractivity contribution in [2.75, 3.05) is 25.5 Å². The number of amides is 1. The standard InChI is InChI=1S/C13H20ClN3O/c1-4-6-15-12-11(14)8-10(9-16-12)13(18)17(3)7-5-2/h8-9H,4-7H2,1-3H3,(H,15,16). The van der Waals surface area contributed by atoms with E-state index in [1.165, 1.54) is 0 Å². The third-order valence-electron chi connectivity index (χ3n) is 2.54. The average Bonchev–Trinajstić information content (AvgIpc) is 2.36. The van der Waals surface area contributed by atoms with Crippen molar-refractivity contribution in [3.63, 3.8) is 0 Å². The Morgan fingerprint density at radius 2 is 2.17 bits per heavy atom. The molecule has 0 unspecified atom stereocenters. The van der Waals surface area contributed by atoms with Crippen molar-refractivity contribution in [1.29, 1.82) is 0 Å². The monoisotopic (exact) mass is 269 g/mol. The lowest BCUT2D eigenvalue weighted by Crippen LogP contribution is -2.27. The molecule has 0 spiro atoms. The zero-order valence-corrected chi connectivity index (χ0v) is 11.9. The van der Waals surface area contributed by atoms with Crippen molar-refractivity contribution < 1.29 is 4.79 Å². The Balaban J connectivity index is 2.80.